The van der Waals surface area contributed by atoms with Crippen molar-refractivity contribution in [1.82, 2.24) is 29.9 Å². The molecule has 8 aromatic rings. The quantitative estimate of drug-likeness (QED) is 0.0380. The van der Waals surface area contributed by atoms with Crippen LogP contribution in [0.3, 0.4) is 0 Å². The van der Waals surface area contributed by atoms with E-state index < -0.39 is 10.1 Å². The van der Waals surface area contributed by atoms with Gasteiger partial charge >= 0.3 is 0 Å². The lowest BCUT2D eigenvalue weighted by Gasteiger charge is -2.12. The van der Waals surface area contributed by atoms with Crippen molar-refractivity contribution in [1.29, 1.82) is 0 Å². The molecule has 0 aliphatic heterocycles. The lowest BCUT2D eigenvalue weighted by molar-refractivity contribution is 0.483. The molecular formula is C44H36N12O3S. The number of benzene rings is 6. The summed E-state index contributed by atoms with van der Waals surface area (Å²) < 4.78 is 35.6. The van der Waals surface area contributed by atoms with E-state index in [-0.39, 0.29) is 28.3 Å². The first-order chi connectivity index (χ1) is 29.3. The van der Waals surface area contributed by atoms with Crippen molar-refractivity contribution >= 4 is 92.1 Å². The van der Waals surface area contributed by atoms with Crippen LogP contribution < -0.4 is 31.9 Å². The normalized spacial score (nSPS) is 11.2. The molecule has 0 unspecified atom stereocenters. The summed E-state index contributed by atoms with van der Waals surface area (Å²) in [7, 11) is -4.65. The van der Waals surface area contributed by atoms with Gasteiger partial charge in [-0.1, -0.05) is 103 Å². The van der Waals surface area contributed by atoms with Gasteiger partial charge in [-0.05, 0) is 83.9 Å². The summed E-state index contributed by atoms with van der Waals surface area (Å²) in [4.78, 5) is 26.9. The highest BCUT2D eigenvalue weighted by Crippen LogP contribution is 2.27. The number of para-hydroxylation sites is 4. The number of hydrogen-bond donors (Lipinski definition) is 7. The average Bonchev–Trinajstić information content (AvgIpc) is 3.25. The second kappa shape index (κ2) is 17.9. The second-order valence-corrected chi connectivity index (χ2v) is 14.4. The van der Waals surface area contributed by atoms with Crippen molar-refractivity contribution in [3.8, 4) is 0 Å². The van der Waals surface area contributed by atoms with E-state index in [2.05, 4.69) is 61.8 Å². The molecule has 60 heavy (non-hydrogen) atoms. The first-order valence-electron chi connectivity index (χ1n) is 18.5. The first kappa shape index (κ1) is 38.7. The summed E-state index contributed by atoms with van der Waals surface area (Å²) in [6.07, 6.45) is 3.35. The highest BCUT2D eigenvalue weighted by atomic mass is 32.2. The highest BCUT2D eigenvalue weighted by molar-refractivity contribution is 7.86. The standard InChI is InChI=1S/C44H36N12O3S/c57-60(58,59)38-29-37(50-44-55-41(47-34-17-9-3-10-18-34)52-42(56-44)48-35-19-11-4-12-20-35)28-25-31(38)24-21-30-22-26-36(27-23-30)49-43-53-39(45-32-13-5-1-6-14-32)51-40(54-43)46-33-15-7-2-8-16-33/h1-29H,(H,57,58,59)(H3,45,46,49,51,53,54)(H3,47,48,50,52,55,56). The Morgan fingerprint density at radius 3 is 1.00 bits per heavy atom. The minimum absolute atomic E-state index is 0.129. The number of aromatic nitrogens is 6. The molecule has 0 radical (unpaired) electrons. The average molecular weight is 813 g/mol. The van der Waals surface area contributed by atoms with E-state index in [9.17, 15) is 13.0 Å². The molecule has 0 bridgehead atoms. The van der Waals surface area contributed by atoms with E-state index in [1.807, 2.05) is 146 Å². The maximum atomic E-state index is 12.7. The molecule has 0 saturated heterocycles. The summed E-state index contributed by atoms with van der Waals surface area (Å²) >= 11 is 0. The van der Waals surface area contributed by atoms with Gasteiger partial charge in [0.25, 0.3) is 10.1 Å². The third-order valence-electron chi connectivity index (χ3n) is 8.56. The van der Waals surface area contributed by atoms with E-state index in [1.165, 1.54) is 6.07 Å². The van der Waals surface area contributed by atoms with Crippen LogP contribution in [-0.2, 0) is 10.1 Å². The Morgan fingerprint density at radius 1 is 0.367 bits per heavy atom. The number of rotatable bonds is 15. The van der Waals surface area contributed by atoms with E-state index in [0.717, 1.165) is 28.3 Å². The minimum atomic E-state index is -4.65. The number of hydrogen-bond acceptors (Lipinski definition) is 14. The fraction of sp³-hybridized carbons (Fsp3) is 0. The predicted octanol–water partition coefficient (Wildman–Crippen LogP) is 9.94. The Kier molecular flexibility index (Phi) is 11.6. The lowest BCUT2D eigenvalue weighted by atomic mass is 10.1. The molecular weight excluding hydrogens is 777 g/mol. The maximum Gasteiger partial charge on any atom is 0.295 e. The van der Waals surface area contributed by atoms with Gasteiger partial charge in [-0.2, -0.15) is 38.3 Å². The van der Waals surface area contributed by atoms with Crippen molar-refractivity contribution < 1.29 is 13.0 Å². The van der Waals surface area contributed by atoms with Crippen molar-refractivity contribution in [3.63, 3.8) is 0 Å². The molecule has 6 aromatic carbocycles. The maximum absolute atomic E-state index is 12.7. The van der Waals surface area contributed by atoms with E-state index >= 15 is 0 Å². The molecule has 2 aromatic heterocycles. The second-order valence-electron chi connectivity index (χ2n) is 13.0. The Balaban J connectivity index is 0.997. The van der Waals surface area contributed by atoms with Gasteiger partial charge in [0, 0.05) is 34.1 Å². The van der Waals surface area contributed by atoms with Crippen molar-refractivity contribution in [2.75, 3.05) is 31.9 Å². The van der Waals surface area contributed by atoms with Gasteiger partial charge in [0.1, 0.15) is 4.90 Å². The first-order valence-corrected chi connectivity index (χ1v) is 20.0. The van der Waals surface area contributed by atoms with Crippen molar-refractivity contribution in [2.24, 2.45) is 0 Å². The molecule has 7 N–H and O–H groups in total. The molecule has 296 valence electrons. The van der Waals surface area contributed by atoms with Gasteiger partial charge in [0.05, 0.1) is 0 Å². The SMILES string of the molecule is O=S(=O)(O)c1cc(Nc2nc(Nc3ccccc3)nc(Nc3ccccc3)n2)ccc1C=Cc1ccc(Nc2nc(Nc3ccccc3)nc(Nc3ccccc3)n2)cc1. The molecule has 16 heteroatoms. The number of nitrogens with zero attached hydrogens (tertiary/aromatic N) is 6. The van der Waals surface area contributed by atoms with Crippen LogP contribution in [0.2, 0.25) is 0 Å². The highest BCUT2D eigenvalue weighted by Gasteiger charge is 2.17. The predicted molar refractivity (Wildman–Crippen MR) is 237 cm³/mol. The fourth-order valence-corrected chi connectivity index (χ4v) is 6.49. The number of nitrogens with one attached hydrogen (secondary N) is 6. The molecule has 2 heterocycles. The van der Waals surface area contributed by atoms with Gasteiger partial charge < -0.3 is 31.9 Å². The lowest BCUT2D eigenvalue weighted by Crippen LogP contribution is -2.08. The zero-order valence-electron chi connectivity index (χ0n) is 31.6. The van der Waals surface area contributed by atoms with Crippen molar-refractivity contribution in [3.05, 3.63) is 175 Å². The Labute approximate surface area is 345 Å². The molecule has 0 amide bonds. The molecule has 0 aliphatic carbocycles. The van der Waals surface area contributed by atoms with Gasteiger partial charge in [0.15, 0.2) is 0 Å². The van der Waals surface area contributed by atoms with Gasteiger partial charge in [0.2, 0.25) is 35.7 Å². The van der Waals surface area contributed by atoms with Crippen molar-refractivity contribution in [2.45, 2.75) is 4.90 Å². The number of anilines is 12. The van der Waals surface area contributed by atoms with E-state index in [1.54, 1.807) is 24.3 Å². The molecule has 8 rings (SSSR count). The molecule has 0 spiro atoms. The third-order valence-corrected chi connectivity index (χ3v) is 9.47. The summed E-state index contributed by atoms with van der Waals surface area (Å²) in [5.74, 6) is 1.61. The minimum Gasteiger partial charge on any atom is -0.324 e. The van der Waals surface area contributed by atoms with Gasteiger partial charge in [-0.15, -0.1) is 0 Å². The summed E-state index contributed by atoms with van der Waals surface area (Å²) in [6.45, 7) is 0. The van der Waals surface area contributed by atoms with E-state index in [0.29, 0.717) is 29.2 Å². The third kappa shape index (κ3) is 10.6. The Hall–Kier alpha value is -8.21. The summed E-state index contributed by atoms with van der Waals surface area (Å²) in [5, 5.41) is 19.1. The van der Waals surface area contributed by atoms with Gasteiger partial charge in [-0.3, -0.25) is 4.55 Å². The molecule has 0 saturated carbocycles. The molecule has 0 aliphatic rings. The van der Waals surface area contributed by atoms with Crippen LogP contribution in [0.15, 0.2) is 169 Å². The van der Waals surface area contributed by atoms with Crippen LogP contribution in [-0.4, -0.2) is 42.9 Å². The van der Waals surface area contributed by atoms with Crippen LogP contribution in [0.5, 0.6) is 0 Å². The van der Waals surface area contributed by atoms with E-state index in [4.69, 9.17) is 0 Å². The molecule has 0 atom stereocenters. The summed E-state index contributed by atoms with van der Waals surface area (Å²) in [5.41, 5.74) is 5.20. The summed E-state index contributed by atoms with van der Waals surface area (Å²) in [6, 6.07) is 49.9. The van der Waals surface area contributed by atoms with Crippen LogP contribution in [0.1, 0.15) is 11.1 Å². The topological polar surface area (TPSA) is 204 Å². The van der Waals surface area contributed by atoms with Crippen LogP contribution >= 0.6 is 0 Å². The largest absolute Gasteiger partial charge is 0.324 e. The molecule has 0 fully saturated rings. The zero-order chi connectivity index (χ0) is 41.2. The zero-order valence-corrected chi connectivity index (χ0v) is 32.4. The van der Waals surface area contributed by atoms with Crippen LogP contribution in [0, 0.1) is 0 Å². The Morgan fingerprint density at radius 2 is 0.667 bits per heavy atom. The fourth-order valence-electron chi connectivity index (χ4n) is 5.78. The smallest absolute Gasteiger partial charge is 0.295 e. The van der Waals surface area contributed by atoms with Gasteiger partial charge in [-0.25, -0.2) is 0 Å². The Bertz CT molecular complexity index is 2720. The molecule has 15 nitrogen and oxygen atoms in total. The van der Waals surface area contributed by atoms with Crippen LogP contribution in [0.25, 0.3) is 12.2 Å². The van der Waals surface area contributed by atoms with Crippen LogP contribution in [0.4, 0.5) is 69.8 Å². The monoisotopic (exact) mass is 812 g/mol.